The molecule has 0 heterocycles. The number of quaternary nitrogens is 1. The van der Waals surface area contributed by atoms with Gasteiger partial charge in [0.05, 0.1) is 32.8 Å². The Labute approximate surface area is 292 Å². The van der Waals surface area contributed by atoms with E-state index in [-0.39, 0.29) is 13.2 Å². The first-order chi connectivity index (χ1) is 22.9. The number of hydrogen-bond acceptors (Lipinski definition) is 13. The second-order valence-electron chi connectivity index (χ2n) is 11.5. The zero-order chi connectivity index (χ0) is 36.5. The smallest absolute Gasteiger partial charge is 0.385 e. The number of hydrogen-bond donors (Lipinski definition) is 3. The van der Waals surface area contributed by atoms with Crippen LogP contribution in [-0.4, -0.2) is 170 Å². The molecule has 0 aromatic carbocycles. The van der Waals surface area contributed by atoms with Gasteiger partial charge >= 0.3 is 38.2 Å². The normalized spacial score (nSPS) is 13.5. The van der Waals surface area contributed by atoms with Gasteiger partial charge in [-0.2, -0.15) is 0 Å². The Hall–Kier alpha value is -0.889. The third kappa shape index (κ3) is 16.9. The average Bonchev–Trinajstić information content (AvgIpc) is 3.11. The van der Waals surface area contributed by atoms with Gasteiger partial charge < -0.3 is 64.8 Å². The summed E-state index contributed by atoms with van der Waals surface area (Å²) in [5.41, 5.74) is 0. The SMILES string of the molecule is CCCCNC(=O)C(=O)NCC[N+](CCC[Si](OC)(OC)OC)(CCC[Si](OC)(OC)OC)CC(O)COCCC[Si](OC)(OC)OC. The minimum atomic E-state index is -2.87. The lowest BCUT2D eigenvalue weighted by Gasteiger charge is -2.41. The average molecular weight is 749 g/mol. The van der Waals surface area contributed by atoms with E-state index in [1.165, 1.54) is 0 Å². The minimum Gasteiger partial charge on any atom is -0.385 e. The molecule has 0 aliphatic heterocycles. The van der Waals surface area contributed by atoms with E-state index < -0.39 is 44.3 Å². The van der Waals surface area contributed by atoms with Crippen molar-refractivity contribution < 1.29 is 63.7 Å². The topological polar surface area (TPSA) is 171 Å². The molecule has 0 radical (unpaired) electrons. The highest BCUT2D eigenvalue weighted by molar-refractivity contribution is 6.61. The number of nitrogens with one attached hydrogen (secondary N) is 2. The summed E-state index contributed by atoms with van der Waals surface area (Å²) in [4.78, 5) is 24.9. The van der Waals surface area contributed by atoms with Crippen LogP contribution in [-0.2, 0) is 54.2 Å². The minimum absolute atomic E-state index is 0.105. The highest BCUT2D eigenvalue weighted by atomic mass is 28.4. The summed E-state index contributed by atoms with van der Waals surface area (Å²) in [6.07, 6.45) is 2.81. The molecule has 0 saturated carbocycles. The van der Waals surface area contributed by atoms with Crippen molar-refractivity contribution >= 4 is 38.2 Å². The molecule has 1 unspecified atom stereocenters. The van der Waals surface area contributed by atoms with Crippen molar-refractivity contribution in [3.8, 4) is 0 Å². The first-order valence-electron chi connectivity index (χ1n) is 16.6. The second kappa shape index (κ2) is 26.0. The van der Waals surface area contributed by atoms with E-state index in [0.29, 0.717) is 81.2 Å². The van der Waals surface area contributed by atoms with Crippen molar-refractivity contribution in [2.45, 2.75) is 63.3 Å². The lowest BCUT2D eigenvalue weighted by atomic mass is 10.2. The fraction of sp³-hybridized carbons (Fsp3) is 0.931. The van der Waals surface area contributed by atoms with Gasteiger partial charge in [-0.3, -0.25) is 9.59 Å². The summed E-state index contributed by atoms with van der Waals surface area (Å²) in [7, 11) is 5.70. The number of nitrogens with zero attached hydrogens (tertiary/aromatic N) is 1. The van der Waals surface area contributed by atoms with Gasteiger partial charge in [0.2, 0.25) is 0 Å². The van der Waals surface area contributed by atoms with Gasteiger partial charge in [-0.15, -0.1) is 0 Å². The predicted molar refractivity (Wildman–Crippen MR) is 186 cm³/mol. The number of amides is 2. The molecule has 0 bridgehead atoms. The lowest BCUT2D eigenvalue weighted by Crippen LogP contribution is -2.58. The standard InChI is InChI=1S/C29H65N3O13Si3/c1-11-12-16-30-28(34)29(35)31-17-20-32(18-13-22-46(36-2,37-3)38-4,19-14-23-47(39-5,40-6)41-7)25-27(33)26-45-21-15-24-48(42-8,43-9)44-10/h27,33H,11-26H2,1-10H3,(H-,30,31,34,35)/p+1. The van der Waals surface area contributed by atoms with Crippen LogP contribution in [0.3, 0.4) is 0 Å². The van der Waals surface area contributed by atoms with E-state index in [9.17, 15) is 14.7 Å². The largest absolute Gasteiger partial charge is 0.500 e. The molecule has 0 aromatic heterocycles. The molecule has 286 valence electrons. The van der Waals surface area contributed by atoms with Crippen molar-refractivity contribution in [1.82, 2.24) is 10.6 Å². The Morgan fingerprint density at radius 2 is 1.00 bits per heavy atom. The predicted octanol–water partition coefficient (Wildman–Crippen LogP) is 1.02. The Morgan fingerprint density at radius 3 is 1.40 bits per heavy atom. The summed E-state index contributed by atoms with van der Waals surface area (Å²) in [5.74, 6) is -1.35. The quantitative estimate of drug-likeness (QED) is 0.0398. The third-order valence-electron chi connectivity index (χ3n) is 8.60. The summed E-state index contributed by atoms with van der Waals surface area (Å²) < 4.78 is 56.6. The number of unbranched alkanes of at least 4 members (excludes halogenated alkanes) is 1. The number of aliphatic hydroxyl groups is 1. The monoisotopic (exact) mass is 748 g/mol. The van der Waals surface area contributed by atoms with E-state index in [0.717, 1.165) is 12.8 Å². The number of aliphatic hydroxyl groups excluding tert-OH is 1. The van der Waals surface area contributed by atoms with E-state index in [4.69, 9.17) is 44.6 Å². The van der Waals surface area contributed by atoms with Crippen LogP contribution in [0.4, 0.5) is 0 Å². The molecule has 0 saturated heterocycles. The first-order valence-corrected chi connectivity index (χ1v) is 22.4. The Morgan fingerprint density at radius 1 is 0.604 bits per heavy atom. The van der Waals surface area contributed by atoms with Crippen molar-refractivity contribution in [2.75, 3.05) is 116 Å². The van der Waals surface area contributed by atoms with E-state index >= 15 is 0 Å². The van der Waals surface area contributed by atoms with Crippen molar-refractivity contribution in [3.63, 3.8) is 0 Å². The molecule has 0 aromatic rings. The fourth-order valence-electron chi connectivity index (χ4n) is 5.60. The molecule has 0 aliphatic carbocycles. The molecule has 2 amide bonds. The van der Waals surface area contributed by atoms with E-state index in [1.807, 2.05) is 6.92 Å². The number of ether oxygens (including phenoxy) is 1. The fourth-order valence-corrected chi connectivity index (χ4v) is 10.7. The number of rotatable bonds is 31. The van der Waals surface area contributed by atoms with Crippen LogP contribution < -0.4 is 10.6 Å². The molecule has 0 spiro atoms. The molecule has 48 heavy (non-hydrogen) atoms. The highest BCUT2D eigenvalue weighted by Gasteiger charge is 2.42. The van der Waals surface area contributed by atoms with Crippen molar-refractivity contribution in [3.05, 3.63) is 0 Å². The van der Waals surface area contributed by atoms with Gasteiger partial charge in [-0.05, 0) is 12.8 Å². The maximum Gasteiger partial charge on any atom is 0.500 e. The van der Waals surface area contributed by atoms with Gasteiger partial charge in [-0.25, -0.2) is 0 Å². The number of carbonyl (C=O) groups excluding carboxylic acids is 2. The summed E-state index contributed by atoms with van der Waals surface area (Å²) in [6, 6.07) is 1.67. The van der Waals surface area contributed by atoms with Crippen LogP contribution in [0, 0.1) is 0 Å². The zero-order valence-electron chi connectivity index (χ0n) is 31.2. The van der Waals surface area contributed by atoms with E-state index in [1.54, 1.807) is 64.0 Å². The Balaban J connectivity index is 5.96. The van der Waals surface area contributed by atoms with Crippen molar-refractivity contribution in [2.24, 2.45) is 0 Å². The van der Waals surface area contributed by atoms with Crippen LogP contribution in [0.2, 0.25) is 18.1 Å². The molecule has 0 aliphatic rings. The zero-order valence-corrected chi connectivity index (χ0v) is 34.2. The third-order valence-corrected chi connectivity index (χ3v) is 17.1. The van der Waals surface area contributed by atoms with Gasteiger partial charge in [0, 0.05) is 108 Å². The Kier molecular flexibility index (Phi) is 25.5. The summed E-state index contributed by atoms with van der Waals surface area (Å²) in [6.45, 7) is 5.13. The van der Waals surface area contributed by atoms with Gasteiger partial charge in [0.1, 0.15) is 12.6 Å². The maximum atomic E-state index is 12.6. The van der Waals surface area contributed by atoms with Gasteiger partial charge in [0.15, 0.2) is 0 Å². The lowest BCUT2D eigenvalue weighted by molar-refractivity contribution is -0.930. The van der Waals surface area contributed by atoms with Crippen LogP contribution in [0.25, 0.3) is 0 Å². The summed E-state index contributed by atoms with van der Waals surface area (Å²) >= 11 is 0. The molecular weight excluding hydrogens is 683 g/mol. The molecule has 16 nitrogen and oxygen atoms in total. The van der Waals surface area contributed by atoms with Crippen LogP contribution in [0.1, 0.15) is 39.0 Å². The maximum absolute atomic E-state index is 12.6. The molecule has 1 atom stereocenters. The van der Waals surface area contributed by atoms with Gasteiger partial charge in [0.25, 0.3) is 0 Å². The van der Waals surface area contributed by atoms with Crippen molar-refractivity contribution in [1.29, 1.82) is 0 Å². The van der Waals surface area contributed by atoms with E-state index in [2.05, 4.69) is 10.6 Å². The van der Waals surface area contributed by atoms with Crippen LogP contribution >= 0.6 is 0 Å². The summed E-state index contributed by atoms with van der Waals surface area (Å²) in [5, 5.41) is 16.7. The Bertz CT molecular complexity index is 804. The van der Waals surface area contributed by atoms with Crippen LogP contribution in [0.5, 0.6) is 0 Å². The molecular formula is C29H66N3O13Si3+. The van der Waals surface area contributed by atoms with Crippen LogP contribution in [0.15, 0.2) is 0 Å². The molecule has 0 fully saturated rings. The second-order valence-corrected chi connectivity index (χ2v) is 20.8. The van der Waals surface area contributed by atoms with Gasteiger partial charge in [-0.1, -0.05) is 13.3 Å². The molecule has 19 heteroatoms. The molecule has 0 rings (SSSR count). The first kappa shape index (κ1) is 47.1. The highest BCUT2D eigenvalue weighted by Crippen LogP contribution is 2.22. The number of carbonyl (C=O) groups is 2. The molecule has 3 N–H and O–H groups in total.